The number of nitrogens with one attached hydrogen (secondary N) is 1. The summed E-state index contributed by atoms with van der Waals surface area (Å²) >= 11 is 0. The zero-order valence-corrected chi connectivity index (χ0v) is 10.2. The molecule has 1 aliphatic carbocycles. The van der Waals surface area contributed by atoms with Crippen LogP contribution in [0.3, 0.4) is 0 Å². The van der Waals surface area contributed by atoms with Crippen LogP contribution in [0.25, 0.3) is 0 Å². The summed E-state index contributed by atoms with van der Waals surface area (Å²) in [4.78, 5) is 21.9. The quantitative estimate of drug-likeness (QED) is 0.578. The fourth-order valence-electron chi connectivity index (χ4n) is 2.19. The third-order valence-corrected chi connectivity index (χ3v) is 3.21. The van der Waals surface area contributed by atoms with Crippen molar-refractivity contribution in [2.45, 2.75) is 51.0 Å². The Labute approximate surface area is 102 Å². The second-order valence-electron chi connectivity index (χ2n) is 4.77. The van der Waals surface area contributed by atoms with Gasteiger partial charge in [0.15, 0.2) is 0 Å². The number of carbonyl (C=O) groups is 2. The van der Waals surface area contributed by atoms with Crippen LogP contribution in [-0.2, 0) is 9.59 Å². The Bertz CT molecular complexity index is 268. The molecule has 98 valence electrons. The Balaban J connectivity index is 1.99. The molecule has 4 N–H and O–H groups in total. The molecule has 0 radical (unpaired) electrons. The lowest BCUT2D eigenvalue weighted by molar-refractivity contribution is -0.137. The van der Waals surface area contributed by atoms with E-state index in [1.165, 1.54) is 0 Å². The highest BCUT2D eigenvalue weighted by atomic mass is 16.4. The van der Waals surface area contributed by atoms with Crippen LogP contribution in [0.15, 0.2) is 0 Å². The number of carbonyl (C=O) groups excluding carboxylic acids is 1. The third kappa shape index (κ3) is 5.68. The number of hydrogen-bond acceptors (Lipinski definition) is 3. The Hall–Kier alpha value is -1.10. The molecular formula is C12H22N2O3. The van der Waals surface area contributed by atoms with E-state index in [2.05, 4.69) is 5.32 Å². The molecule has 0 aromatic rings. The average molecular weight is 242 g/mol. The Morgan fingerprint density at radius 1 is 1.24 bits per heavy atom. The molecule has 2 atom stereocenters. The maximum atomic E-state index is 11.7. The number of carboxylic acid groups (broad SMARTS) is 1. The van der Waals surface area contributed by atoms with Crippen LogP contribution in [0.4, 0.5) is 0 Å². The molecule has 0 bridgehead atoms. The van der Waals surface area contributed by atoms with Gasteiger partial charge in [-0.1, -0.05) is 6.42 Å². The van der Waals surface area contributed by atoms with Crippen LogP contribution in [0.1, 0.15) is 44.9 Å². The molecule has 0 saturated heterocycles. The van der Waals surface area contributed by atoms with Crippen LogP contribution < -0.4 is 11.1 Å². The molecule has 0 heterocycles. The molecule has 1 saturated carbocycles. The molecule has 2 unspecified atom stereocenters. The first-order chi connectivity index (χ1) is 8.09. The molecule has 1 amide bonds. The summed E-state index contributed by atoms with van der Waals surface area (Å²) in [5.74, 6) is -0.561. The standard InChI is InChI=1S/C12H22N2O3/c13-10-6-5-9(8-10)12(17)14-7-3-1-2-4-11(15)16/h9-10H,1-8,13H2,(H,14,17)(H,15,16). The van der Waals surface area contributed by atoms with Crippen molar-refractivity contribution in [1.82, 2.24) is 5.32 Å². The molecular weight excluding hydrogens is 220 g/mol. The van der Waals surface area contributed by atoms with Gasteiger partial charge in [-0.3, -0.25) is 9.59 Å². The number of rotatable bonds is 7. The largest absolute Gasteiger partial charge is 0.481 e. The molecule has 0 spiro atoms. The summed E-state index contributed by atoms with van der Waals surface area (Å²) < 4.78 is 0. The van der Waals surface area contributed by atoms with Crippen LogP contribution in [0.2, 0.25) is 0 Å². The van der Waals surface area contributed by atoms with Crippen LogP contribution in [0.5, 0.6) is 0 Å². The van der Waals surface area contributed by atoms with Crippen LogP contribution in [-0.4, -0.2) is 29.6 Å². The molecule has 1 fully saturated rings. The lowest BCUT2D eigenvalue weighted by Crippen LogP contribution is -2.31. The maximum Gasteiger partial charge on any atom is 0.303 e. The van der Waals surface area contributed by atoms with Gasteiger partial charge in [0.25, 0.3) is 0 Å². The van der Waals surface area contributed by atoms with E-state index < -0.39 is 5.97 Å². The van der Waals surface area contributed by atoms with Gasteiger partial charge in [-0.15, -0.1) is 0 Å². The molecule has 5 heteroatoms. The van der Waals surface area contributed by atoms with E-state index in [0.717, 1.165) is 32.1 Å². The fraction of sp³-hybridized carbons (Fsp3) is 0.833. The van der Waals surface area contributed by atoms with E-state index in [4.69, 9.17) is 10.8 Å². The molecule has 17 heavy (non-hydrogen) atoms. The highest BCUT2D eigenvalue weighted by molar-refractivity contribution is 5.78. The first-order valence-electron chi connectivity index (χ1n) is 6.34. The van der Waals surface area contributed by atoms with Crippen molar-refractivity contribution in [1.29, 1.82) is 0 Å². The minimum Gasteiger partial charge on any atom is -0.481 e. The van der Waals surface area contributed by atoms with Crippen molar-refractivity contribution in [2.24, 2.45) is 11.7 Å². The van der Waals surface area contributed by atoms with E-state index in [0.29, 0.717) is 13.0 Å². The summed E-state index contributed by atoms with van der Waals surface area (Å²) in [6, 6.07) is 0.182. The summed E-state index contributed by atoms with van der Waals surface area (Å²) in [5.41, 5.74) is 5.75. The Kier molecular flexibility index (Phi) is 5.97. The third-order valence-electron chi connectivity index (χ3n) is 3.21. The van der Waals surface area contributed by atoms with Gasteiger partial charge in [0.1, 0.15) is 0 Å². The van der Waals surface area contributed by atoms with Gasteiger partial charge < -0.3 is 16.2 Å². The highest BCUT2D eigenvalue weighted by Crippen LogP contribution is 2.23. The molecule has 0 aliphatic heterocycles. The minimum atomic E-state index is -0.756. The number of unbranched alkanes of at least 4 members (excludes halogenated alkanes) is 2. The van der Waals surface area contributed by atoms with Crippen molar-refractivity contribution in [3.63, 3.8) is 0 Å². The monoisotopic (exact) mass is 242 g/mol. The fourth-order valence-corrected chi connectivity index (χ4v) is 2.19. The minimum absolute atomic E-state index is 0.0871. The second-order valence-corrected chi connectivity index (χ2v) is 4.77. The van der Waals surface area contributed by atoms with Crippen LogP contribution in [0, 0.1) is 5.92 Å². The average Bonchev–Trinajstić information content (AvgIpc) is 2.69. The smallest absolute Gasteiger partial charge is 0.303 e. The van der Waals surface area contributed by atoms with Crippen molar-refractivity contribution >= 4 is 11.9 Å². The van der Waals surface area contributed by atoms with Crippen molar-refractivity contribution < 1.29 is 14.7 Å². The summed E-state index contributed by atoms with van der Waals surface area (Å²) in [7, 11) is 0. The van der Waals surface area contributed by atoms with Gasteiger partial charge >= 0.3 is 5.97 Å². The van der Waals surface area contributed by atoms with Crippen molar-refractivity contribution in [3.8, 4) is 0 Å². The Morgan fingerprint density at radius 3 is 2.59 bits per heavy atom. The van der Waals surface area contributed by atoms with E-state index in [9.17, 15) is 9.59 Å². The maximum absolute atomic E-state index is 11.7. The molecule has 0 aromatic carbocycles. The summed E-state index contributed by atoms with van der Waals surface area (Å²) in [6.07, 6.45) is 5.22. The van der Waals surface area contributed by atoms with Gasteiger partial charge in [0.2, 0.25) is 5.91 Å². The second kappa shape index (κ2) is 7.27. The Morgan fingerprint density at radius 2 is 2.00 bits per heavy atom. The summed E-state index contributed by atoms with van der Waals surface area (Å²) in [6.45, 7) is 0.643. The zero-order valence-electron chi connectivity index (χ0n) is 10.2. The van der Waals surface area contributed by atoms with E-state index >= 15 is 0 Å². The molecule has 1 rings (SSSR count). The first kappa shape index (κ1) is 14.0. The number of amides is 1. The van der Waals surface area contributed by atoms with Gasteiger partial charge in [-0.05, 0) is 32.1 Å². The number of aliphatic carboxylic acids is 1. The van der Waals surface area contributed by atoms with E-state index in [1.54, 1.807) is 0 Å². The van der Waals surface area contributed by atoms with Gasteiger partial charge in [-0.2, -0.15) is 0 Å². The summed E-state index contributed by atoms with van der Waals surface area (Å²) in [5, 5.41) is 11.3. The lowest BCUT2D eigenvalue weighted by Gasteiger charge is -2.10. The first-order valence-corrected chi connectivity index (χ1v) is 6.34. The number of hydrogen-bond donors (Lipinski definition) is 3. The van der Waals surface area contributed by atoms with Gasteiger partial charge in [0.05, 0.1) is 0 Å². The van der Waals surface area contributed by atoms with Crippen molar-refractivity contribution in [2.75, 3.05) is 6.54 Å². The molecule has 5 nitrogen and oxygen atoms in total. The van der Waals surface area contributed by atoms with Gasteiger partial charge in [-0.25, -0.2) is 0 Å². The van der Waals surface area contributed by atoms with E-state index in [-0.39, 0.29) is 24.3 Å². The van der Waals surface area contributed by atoms with Crippen molar-refractivity contribution in [3.05, 3.63) is 0 Å². The molecule has 1 aliphatic rings. The van der Waals surface area contributed by atoms with E-state index in [1.807, 2.05) is 0 Å². The SMILES string of the molecule is NC1CCC(C(=O)NCCCCCC(=O)O)C1. The predicted octanol–water partition coefficient (Wildman–Crippen LogP) is 0.875. The number of carboxylic acids is 1. The van der Waals surface area contributed by atoms with Gasteiger partial charge in [0, 0.05) is 24.9 Å². The normalized spacial score (nSPS) is 23.6. The number of nitrogens with two attached hydrogens (primary N) is 1. The zero-order chi connectivity index (χ0) is 12.7. The predicted molar refractivity (Wildman–Crippen MR) is 64.4 cm³/mol. The van der Waals surface area contributed by atoms with Crippen LogP contribution >= 0.6 is 0 Å². The topological polar surface area (TPSA) is 92.4 Å². The lowest BCUT2D eigenvalue weighted by atomic mass is 10.1. The molecule has 0 aromatic heterocycles. The highest BCUT2D eigenvalue weighted by Gasteiger charge is 2.27.